The highest BCUT2D eigenvalue weighted by Gasteiger charge is 2.44. The van der Waals surface area contributed by atoms with Crippen LogP contribution in [-0.4, -0.2) is 25.5 Å². The third-order valence-corrected chi connectivity index (χ3v) is 2.97. The standard InChI is InChI=1S/C11H22N2O/c1-4-5-13-10(14)8-12-7-9-6-11(9,2)3/h9,12H,4-8H2,1-3H3,(H,13,14). The third kappa shape index (κ3) is 3.66. The Labute approximate surface area is 86.6 Å². The van der Waals surface area contributed by atoms with Gasteiger partial charge in [-0.2, -0.15) is 0 Å². The van der Waals surface area contributed by atoms with Gasteiger partial charge in [0.05, 0.1) is 6.54 Å². The quantitative estimate of drug-likeness (QED) is 0.672. The Morgan fingerprint density at radius 1 is 1.50 bits per heavy atom. The van der Waals surface area contributed by atoms with Crippen molar-refractivity contribution in [1.29, 1.82) is 0 Å². The first-order valence-electron chi connectivity index (χ1n) is 5.53. The second kappa shape index (κ2) is 4.78. The Morgan fingerprint density at radius 2 is 2.14 bits per heavy atom. The monoisotopic (exact) mass is 198 g/mol. The minimum absolute atomic E-state index is 0.116. The molecule has 2 N–H and O–H groups in total. The molecule has 1 atom stereocenters. The van der Waals surface area contributed by atoms with Crippen molar-refractivity contribution in [1.82, 2.24) is 10.6 Å². The van der Waals surface area contributed by atoms with Crippen molar-refractivity contribution < 1.29 is 4.79 Å². The van der Waals surface area contributed by atoms with Crippen LogP contribution in [0.25, 0.3) is 0 Å². The van der Waals surface area contributed by atoms with Crippen molar-refractivity contribution in [2.75, 3.05) is 19.6 Å². The summed E-state index contributed by atoms with van der Waals surface area (Å²) in [5.74, 6) is 0.881. The van der Waals surface area contributed by atoms with Crippen LogP contribution in [0.5, 0.6) is 0 Å². The molecule has 0 aromatic rings. The van der Waals surface area contributed by atoms with Crippen LogP contribution < -0.4 is 10.6 Å². The van der Waals surface area contributed by atoms with Crippen molar-refractivity contribution in [2.24, 2.45) is 11.3 Å². The van der Waals surface area contributed by atoms with Crippen LogP contribution in [0.15, 0.2) is 0 Å². The predicted octanol–water partition coefficient (Wildman–Crippen LogP) is 1.15. The van der Waals surface area contributed by atoms with E-state index in [0.29, 0.717) is 12.0 Å². The minimum atomic E-state index is 0.116. The molecular weight excluding hydrogens is 176 g/mol. The zero-order chi connectivity index (χ0) is 10.6. The molecule has 0 spiro atoms. The smallest absolute Gasteiger partial charge is 0.233 e. The van der Waals surface area contributed by atoms with Crippen LogP contribution >= 0.6 is 0 Å². The maximum Gasteiger partial charge on any atom is 0.233 e. The van der Waals surface area contributed by atoms with E-state index in [9.17, 15) is 4.79 Å². The molecule has 0 bridgehead atoms. The van der Waals surface area contributed by atoms with Gasteiger partial charge < -0.3 is 10.6 Å². The van der Waals surface area contributed by atoms with Crippen molar-refractivity contribution in [2.45, 2.75) is 33.6 Å². The maximum absolute atomic E-state index is 11.2. The van der Waals surface area contributed by atoms with Gasteiger partial charge in [-0.1, -0.05) is 20.8 Å². The van der Waals surface area contributed by atoms with E-state index in [1.807, 2.05) is 0 Å². The van der Waals surface area contributed by atoms with Crippen molar-refractivity contribution in [3.8, 4) is 0 Å². The van der Waals surface area contributed by atoms with Gasteiger partial charge in [-0.05, 0) is 30.7 Å². The molecule has 1 aliphatic carbocycles. The molecule has 0 aromatic heterocycles. The van der Waals surface area contributed by atoms with Crippen LogP contribution in [0.4, 0.5) is 0 Å². The number of rotatable bonds is 6. The summed E-state index contributed by atoms with van der Waals surface area (Å²) >= 11 is 0. The van der Waals surface area contributed by atoms with Crippen LogP contribution in [-0.2, 0) is 4.79 Å². The van der Waals surface area contributed by atoms with E-state index in [4.69, 9.17) is 0 Å². The molecule has 1 rings (SSSR count). The van der Waals surface area contributed by atoms with Gasteiger partial charge in [0.25, 0.3) is 0 Å². The molecule has 1 fully saturated rings. The van der Waals surface area contributed by atoms with Gasteiger partial charge in [0.15, 0.2) is 0 Å². The van der Waals surface area contributed by atoms with E-state index in [1.165, 1.54) is 6.42 Å². The van der Waals surface area contributed by atoms with Crippen molar-refractivity contribution >= 4 is 5.91 Å². The Hall–Kier alpha value is -0.570. The van der Waals surface area contributed by atoms with Gasteiger partial charge in [0.2, 0.25) is 5.91 Å². The normalized spacial score (nSPS) is 23.2. The lowest BCUT2D eigenvalue weighted by Gasteiger charge is -2.06. The lowest BCUT2D eigenvalue weighted by molar-refractivity contribution is -0.120. The first-order valence-corrected chi connectivity index (χ1v) is 5.53. The first-order chi connectivity index (χ1) is 6.56. The van der Waals surface area contributed by atoms with Gasteiger partial charge in [0, 0.05) is 6.54 Å². The van der Waals surface area contributed by atoms with E-state index >= 15 is 0 Å². The van der Waals surface area contributed by atoms with Crippen LogP contribution in [0, 0.1) is 11.3 Å². The number of carbonyl (C=O) groups is 1. The largest absolute Gasteiger partial charge is 0.355 e. The second-order valence-electron chi connectivity index (χ2n) is 4.87. The molecule has 3 heteroatoms. The van der Waals surface area contributed by atoms with Gasteiger partial charge >= 0.3 is 0 Å². The highest BCUT2D eigenvalue weighted by molar-refractivity contribution is 5.77. The number of carbonyl (C=O) groups excluding carboxylic acids is 1. The third-order valence-electron chi connectivity index (χ3n) is 2.97. The summed E-state index contributed by atoms with van der Waals surface area (Å²) in [4.78, 5) is 11.2. The average Bonchev–Trinajstić information content (AvgIpc) is 2.71. The number of amides is 1. The maximum atomic E-state index is 11.2. The van der Waals surface area contributed by atoms with E-state index in [1.54, 1.807) is 0 Å². The van der Waals surface area contributed by atoms with Crippen LogP contribution in [0.1, 0.15) is 33.6 Å². The fourth-order valence-corrected chi connectivity index (χ4v) is 1.61. The molecular formula is C11H22N2O. The van der Waals surface area contributed by atoms with Crippen LogP contribution in [0.2, 0.25) is 0 Å². The fourth-order valence-electron chi connectivity index (χ4n) is 1.61. The summed E-state index contributed by atoms with van der Waals surface area (Å²) in [5, 5.41) is 6.05. The Kier molecular flexibility index (Phi) is 3.93. The van der Waals surface area contributed by atoms with Gasteiger partial charge in [-0.3, -0.25) is 4.79 Å². The second-order valence-corrected chi connectivity index (χ2v) is 4.87. The highest BCUT2D eigenvalue weighted by Crippen LogP contribution is 2.50. The molecule has 82 valence electrons. The number of nitrogens with one attached hydrogen (secondary N) is 2. The Morgan fingerprint density at radius 3 is 2.64 bits per heavy atom. The number of hydrogen-bond acceptors (Lipinski definition) is 2. The van der Waals surface area contributed by atoms with Gasteiger partial charge in [-0.25, -0.2) is 0 Å². The topological polar surface area (TPSA) is 41.1 Å². The minimum Gasteiger partial charge on any atom is -0.355 e. The molecule has 3 nitrogen and oxygen atoms in total. The van der Waals surface area contributed by atoms with E-state index in [2.05, 4.69) is 31.4 Å². The summed E-state index contributed by atoms with van der Waals surface area (Å²) in [6.07, 6.45) is 2.29. The molecule has 0 saturated heterocycles. The Bertz CT molecular complexity index is 201. The highest BCUT2D eigenvalue weighted by atomic mass is 16.1. The summed E-state index contributed by atoms with van der Waals surface area (Å²) in [6.45, 7) is 8.84. The zero-order valence-electron chi connectivity index (χ0n) is 9.52. The number of hydrogen-bond donors (Lipinski definition) is 2. The van der Waals surface area contributed by atoms with Crippen molar-refractivity contribution in [3.63, 3.8) is 0 Å². The van der Waals surface area contributed by atoms with E-state index < -0.39 is 0 Å². The average molecular weight is 198 g/mol. The lowest BCUT2D eigenvalue weighted by Crippen LogP contribution is -2.35. The van der Waals surface area contributed by atoms with E-state index in [-0.39, 0.29) is 5.91 Å². The molecule has 1 aliphatic rings. The summed E-state index contributed by atoms with van der Waals surface area (Å²) in [7, 11) is 0. The van der Waals surface area contributed by atoms with Crippen molar-refractivity contribution in [3.05, 3.63) is 0 Å². The molecule has 1 saturated carbocycles. The fraction of sp³-hybridized carbons (Fsp3) is 0.909. The summed E-state index contributed by atoms with van der Waals surface area (Å²) in [6, 6.07) is 0. The zero-order valence-corrected chi connectivity index (χ0v) is 9.52. The first kappa shape index (κ1) is 11.5. The molecule has 1 amide bonds. The molecule has 0 aliphatic heterocycles. The molecule has 14 heavy (non-hydrogen) atoms. The molecule has 0 radical (unpaired) electrons. The molecule has 0 heterocycles. The van der Waals surface area contributed by atoms with Gasteiger partial charge in [-0.15, -0.1) is 0 Å². The SMILES string of the molecule is CCCNC(=O)CNCC1CC1(C)C. The molecule has 1 unspecified atom stereocenters. The molecule has 0 aromatic carbocycles. The summed E-state index contributed by atoms with van der Waals surface area (Å²) in [5.41, 5.74) is 0.507. The van der Waals surface area contributed by atoms with E-state index in [0.717, 1.165) is 25.4 Å². The Balaban J connectivity index is 1.96. The van der Waals surface area contributed by atoms with Gasteiger partial charge in [0.1, 0.15) is 0 Å². The lowest BCUT2D eigenvalue weighted by atomic mass is 10.1. The van der Waals surface area contributed by atoms with Crippen LogP contribution in [0.3, 0.4) is 0 Å². The summed E-state index contributed by atoms with van der Waals surface area (Å²) < 4.78 is 0. The predicted molar refractivity (Wildman–Crippen MR) is 58.1 cm³/mol.